The smallest absolute Gasteiger partial charge is 0.311 e. The average Bonchev–Trinajstić information content (AvgIpc) is 3.29. The number of ether oxygens (including phenoxy) is 1. The topological polar surface area (TPSA) is 41.6 Å². The minimum absolute atomic E-state index is 0.0187. The lowest BCUT2D eigenvalue weighted by molar-refractivity contribution is -0.149. The fraction of sp³-hybridized carbons (Fsp3) is 0.571. The van der Waals surface area contributed by atoms with Crippen molar-refractivity contribution in [1.82, 2.24) is 4.90 Å². The van der Waals surface area contributed by atoms with Gasteiger partial charge in [0.25, 0.3) is 0 Å². The van der Waals surface area contributed by atoms with Crippen molar-refractivity contribution in [3.63, 3.8) is 0 Å². The quantitative estimate of drug-likeness (QED) is 0.632. The molecular weight excluding hydrogens is 312 g/mol. The van der Waals surface area contributed by atoms with E-state index in [0.29, 0.717) is 12.0 Å². The van der Waals surface area contributed by atoms with Crippen LogP contribution in [-0.4, -0.2) is 42.6 Å². The molecule has 5 aliphatic rings. The van der Waals surface area contributed by atoms with E-state index in [1.807, 2.05) is 0 Å². The zero-order valence-corrected chi connectivity index (χ0v) is 14.8. The highest BCUT2D eigenvalue weighted by atomic mass is 16.5. The van der Waals surface area contributed by atoms with Gasteiger partial charge in [0.2, 0.25) is 0 Å². The van der Waals surface area contributed by atoms with E-state index in [0.717, 1.165) is 25.9 Å². The van der Waals surface area contributed by atoms with E-state index in [1.165, 1.54) is 18.4 Å². The van der Waals surface area contributed by atoms with Gasteiger partial charge in [-0.25, -0.2) is 0 Å². The number of para-hydroxylation sites is 1. The number of hydrogen-bond donors (Lipinski definition) is 1. The molecule has 1 aromatic rings. The number of carbonyl (C=O) groups is 1. The first-order chi connectivity index (χ1) is 12.1. The molecule has 3 fully saturated rings. The molecule has 1 saturated heterocycles. The Morgan fingerprint density at radius 3 is 3.04 bits per heavy atom. The van der Waals surface area contributed by atoms with Crippen LogP contribution in [0.3, 0.4) is 0 Å². The molecule has 25 heavy (non-hydrogen) atoms. The Kier molecular flexibility index (Phi) is 2.37. The fourth-order valence-electron chi connectivity index (χ4n) is 7.93. The Bertz CT molecular complexity index is 835. The van der Waals surface area contributed by atoms with Gasteiger partial charge in [-0.2, -0.15) is 0 Å². The van der Waals surface area contributed by atoms with Gasteiger partial charge in [-0.05, 0) is 36.9 Å². The molecule has 2 aliphatic carbocycles. The maximum atomic E-state index is 12.9. The summed E-state index contributed by atoms with van der Waals surface area (Å²) in [5.74, 6) is 0.277. The zero-order chi connectivity index (χ0) is 17.0. The number of nitrogens with one attached hydrogen (secondary N) is 1. The van der Waals surface area contributed by atoms with Crippen LogP contribution in [0, 0.1) is 17.3 Å². The van der Waals surface area contributed by atoms with Crippen molar-refractivity contribution in [2.45, 2.75) is 36.8 Å². The van der Waals surface area contributed by atoms with E-state index in [9.17, 15) is 4.79 Å². The number of carbonyl (C=O) groups excluding carboxylic acids is 1. The van der Waals surface area contributed by atoms with Gasteiger partial charge in [-0.3, -0.25) is 9.69 Å². The zero-order valence-electron chi connectivity index (χ0n) is 14.8. The Morgan fingerprint density at radius 2 is 2.20 bits per heavy atom. The van der Waals surface area contributed by atoms with Crippen LogP contribution in [0.1, 0.15) is 25.3 Å². The molecule has 3 spiro atoms. The molecule has 3 aliphatic heterocycles. The first-order valence-corrected chi connectivity index (χ1v) is 9.49. The summed E-state index contributed by atoms with van der Waals surface area (Å²) < 4.78 is 5.30. The Balaban J connectivity index is 1.69. The van der Waals surface area contributed by atoms with Gasteiger partial charge in [0.1, 0.15) is 0 Å². The van der Waals surface area contributed by atoms with E-state index in [2.05, 4.69) is 53.6 Å². The summed E-state index contributed by atoms with van der Waals surface area (Å²) >= 11 is 0. The molecule has 0 aromatic heterocycles. The number of rotatable bonds is 1. The maximum Gasteiger partial charge on any atom is 0.311 e. The third-order valence-electron chi connectivity index (χ3n) is 8.47. The number of esters is 1. The van der Waals surface area contributed by atoms with Gasteiger partial charge < -0.3 is 10.1 Å². The normalized spacial score (nSPS) is 48.0. The molecular formula is C21H24N2O2. The molecule has 130 valence electrons. The molecule has 4 heteroatoms. The van der Waals surface area contributed by atoms with Crippen LogP contribution < -0.4 is 5.32 Å². The number of anilines is 1. The van der Waals surface area contributed by atoms with Crippen molar-refractivity contribution in [3.05, 3.63) is 42.0 Å². The molecule has 2 saturated carbocycles. The van der Waals surface area contributed by atoms with Gasteiger partial charge in [0, 0.05) is 29.1 Å². The monoisotopic (exact) mass is 336 g/mol. The molecule has 6 atom stereocenters. The lowest BCUT2D eigenvalue weighted by Crippen LogP contribution is -2.63. The molecule has 1 aromatic carbocycles. The summed E-state index contributed by atoms with van der Waals surface area (Å²) in [6.45, 7) is 4.53. The Morgan fingerprint density at radius 1 is 1.36 bits per heavy atom. The van der Waals surface area contributed by atoms with Crippen LogP contribution in [0.2, 0.25) is 0 Å². The van der Waals surface area contributed by atoms with E-state index < -0.39 is 0 Å². The molecule has 0 amide bonds. The lowest BCUT2D eigenvalue weighted by Gasteiger charge is -2.50. The molecule has 1 N–H and O–H groups in total. The van der Waals surface area contributed by atoms with Crippen LogP contribution in [0.15, 0.2) is 36.4 Å². The third-order valence-corrected chi connectivity index (χ3v) is 8.47. The summed E-state index contributed by atoms with van der Waals surface area (Å²) in [5, 5.41) is 3.92. The Hall–Kier alpha value is -1.81. The van der Waals surface area contributed by atoms with Crippen molar-refractivity contribution in [2.75, 3.05) is 25.5 Å². The number of methoxy groups -OCH3 is 1. The third kappa shape index (κ3) is 1.19. The van der Waals surface area contributed by atoms with Gasteiger partial charge in [0.05, 0.1) is 18.6 Å². The number of fused-ring (bicyclic) bond motifs is 1. The first kappa shape index (κ1) is 14.4. The standard InChI is InChI=1S/C21H24N2O2/c1-13-19-8-5-10-23-11-9-20(18(19)23)14-6-3-4-7-16(14)22-21(13,20)15(12-19)17(24)25-2/h3-8,13,15,18,22H,9-12H2,1-2H3/t13-,15-,18-,19-,20-,21-/m1/s1. The highest BCUT2D eigenvalue weighted by Crippen LogP contribution is 2.78. The molecule has 2 bridgehead atoms. The highest BCUT2D eigenvalue weighted by Gasteiger charge is 2.85. The molecule has 4 nitrogen and oxygen atoms in total. The van der Waals surface area contributed by atoms with Gasteiger partial charge in [0.15, 0.2) is 0 Å². The first-order valence-electron chi connectivity index (χ1n) is 9.49. The van der Waals surface area contributed by atoms with E-state index >= 15 is 0 Å². The van der Waals surface area contributed by atoms with Crippen molar-refractivity contribution in [3.8, 4) is 0 Å². The van der Waals surface area contributed by atoms with E-state index in [4.69, 9.17) is 4.74 Å². The van der Waals surface area contributed by atoms with Gasteiger partial charge in [-0.1, -0.05) is 37.3 Å². The lowest BCUT2D eigenvalue weighted by atomic mass is 9.57. The highest BCUT2D eigenvalue weighted by molar-refractivity contribution is 5.82. The molecule has 0 radical (unpaired) electrons. The number of nitrogens with zero attached hydrogens (tertiary/aromatic N) is 1. The Labute approximate surface area is 148 Å². The predicted molar refractivity (Wildman–Crippen MR) is 95.3 cm³/mol. The summed E-state index contributed by atoms with van der Waals surface area (Å²) in [6, 6.07) is 9.25. The molecule has 6 rings (SSSR count). The van der Waals surface area contributed by atoms with Crippen molar-refractivity contribution < 1.29 is 9.53 Å². The second-order valence-electron chi connectivity index (χ2n) is 8.67. The van der Waals surface area contributed by atoms with Crippen LogP contribution in [0.5, 0.6) is 0 Å². The van der Waals surface area contributed by atoms with E-state index in [1.54, 1.807) is 0 Å². The largest absolute Gasteiger partial charge is 0.469 e. The van der Waals surface area contributed by atoms with Crippen molar-refractivity contribution >= 4 is 11.7 Å². The summed E-state index contributed by atoms with van der Waals surface area (Å²) in [5.41, 5.74) is 2.53. The number of benzene rings is 1. The maximum absolute atomic E-state index is 12.9. The van der Waals surface area contributed by atoms with E-state index in [-0.39, 0.29) is 28.3 Å². The van der Waals surface area contributed by atoms with Crippen molar-refractivity contribution in [2.24, 2.45) is 17.3 Å². The SMILES string of the molecule is COC(=O)[C@H]1C[C@]23C=CCN4CC[C@@]5(c6ccccc6N[C@]15[C@@H]2C)[C@H]43. The van der Waals surface area contributed by atoms with Crippen LogP contribution in [-0.2, 0) is 14.9 Å². The summed E-state index contributed by atoms with van der Waals surface area (Å²) in [6.07, 6.45) is 6.83. The molecule has 3 heterocycles. The minimum Gasteiger partial charge on any atom is -0.469 e. The predicted octanol–water partition coefficient (Wildman–Crippen LogP) is 2.56. The van der Waals surface area contributed by atoms with Gasteiger partial charge >= 0.3 is 5.97 Å². The second kappa shape index (κ2) is 4.12. The van der Waals surface area contributed by atoms with Crippen LogP contribution in [0.4, 0.5) is 5.69 Å². The average molecular weight is 336 g/mol. The van der Waals surface area contributed by atoms with Gasteiger partial charge in [-0.15, -0.1) is 0 Å². The van der Waals surface area contributed by atoms with Crippen LogP contribution >= 0.6 is 0 Å². The second-order valence-corrected chi connectivity index (χ2v) is 8.67. The fourth-order valence-corrected chi connectivity index (χ4v) is 7.93. The van der Waals surface area contributed by atoms with Crippen LogP contribution in [0.25, 0.3) is 0 Å². The molecule has 0 unspecified atom stereocenters. The van der Waals surface area contributed by atoms with Crippen molar-refractivity contribution in [1.29, 1.82) is 0 Å². The summed E-state index contributed by atoms with van der Waals surface area (Å²) in [4.78, 5) is 15.6. The summed E-state index contributed by atoms with van der Waals surface area (Å²) in [7, 11) is 1.54. The minimum atomic E-state index is -0.224. The number of hydrogen-bond acceptors (Lipinski definition) is 4.